The van der Waals surface area contributed by atoms with Gasteiger partial charge in [-0.1, -0.05) is 57.3 Å². The summed E-state index contributed by atoms with van der Waals surface area (Å²) in [4.78, 5) is 12.9. The van der Waals surface area contributed by atoms with Gasteiger partial charge in [-0.3, -0.25) is 4.79 Å². The first-order valence-electron chi connectivity index (χ1n) is 11.9. The Balaban J connectivity index is 1.84. The van der Waals surface area contributed by atoms with Crippen LogP contribution in [-0.4, -0.2) is 41.8 Å². The second-order valence-corrected chi connectivity index (χ2v) is 12.9. The quantitative estimate of drug-likeness (QED) is 0.306. The first-order valence-corrected chi connectivity index (χ1v) is 14.3. The van der Waals surface area contributed by atoms with Gasteiger partial charge in [0.25, 0.3) is 5.91 Å². The molecule has 2 aromatic rings. The van der Waals surface area contributed by atoms with E-state index in [-0.39, 0.29) is 35.9 Å². The number of benzene rings is 2. The average molecular weight is 539 g/mol. The highest BCUT2D eigenvalue weighted by Crippen LogP contribution is 2.33. The van der Waals surface area contributed by atoms with E-state index in [2.05, 4.69) is 24.9 Å². The molecule has 3 rings (SSSR count). The van der Waals surface area contributed by atoms with Crippen LogP contribution in [0.2, 0.25) is 5.02 Å². The van der Waals surface area contributed by atoms with Gasteiger partial charge in [0.2, 0.25) is 10.0 Å². The third-order valence-corrected chi connectivity index (χ3v) is 9.79. The lowest BCUT2D eigenvalue weighted by Crippen LogP contribution is -2.44. The topological polar surface area (TPSA) is 86.7 Å². The number of hydrogen-bond acceptors (Lipinski definition) is 5. The zero-order chi connectivity index (χ0) is 25.8. The maximum absolute atomic E-state index is 13.7. The summed E-state index contributed by atoms with van der Waals surface area (Å²) in [7, 11) is -3.75. The summed E-state index contributed by atoms with van der Waals surface area (Å²) >= 11 is 10.4. The molecule has 2 aromatic carbocycles. The predicted octanol–water partition coefficient (Wildman–Crippen LogP) is 5.11. The summed E-state index contributed by atoms with van der Waals surface area (Å²) in [6, 6.07) is 13.1. The standard InChI is InChI=1S/C26H35ClN2O4S2/c1-18-6-4-5-7-23(18)29(35(32,33)22-14-12-21(27)13-15-22)16-19-8-10-20(11-9-19)24(31)28-25(34)26(2,3)17-30/h8-15,18,23,25,30,34H,4-7,16-17H2,1-3H3,(H,28,31). The summed E-state index contributed by atoms with van der Waals surface area (Å²) < 4.78 is 29.0. The highest BCUT2D eigenvalue weighted by molar-refractivity contribution is 7.89. The fourth-order valence-corrected chi connectivity index (χ4v) is 6.34. The molecule has 35 heavy (non-hydrogen) atoms. The molecule has 2 N–H and O–H groups in total. The average Bonchev–Trinajstić information content (AvgIpc) is 2.83. The molecular weight excluding hydrogens is 504 g/mol. The van der Waals surface area contributed by atoms with Crippen LogP contribution in [0.1, 0.15) is 62.4 Å². The summed E-state index contributed by atoms with van der Waals surface area (Å²) in [5.74, 6) is -0.0531. The second kappa shape index (κ2) is 11.6. The van der Waals surface area contributed by atoms with E-state index in [9.17, 15) is 18.3 Å². The van der Waals surface area contributed by atoms with Crippen LogP contribution in [-0.2, 0) is 16.6 Å². The van der Waals surface area contributed by atoms with Crippen molar-refractivity contribution in [2.75, 3.05) is 6.61 Å². The molecule has 0 aliphatic heterocycles. The van der Waals surface area contributed by atoms with E-state index in [0.717, 1.165) is 31.2 Å². The molecule has 192 valence electrons. The Morgan fingerprint density at radius 2 is 1.74 bits per heavy atom. The maximum Gasteiger partial charge on any atom is 0.252 e. The van der Waals surface area contributed by atoms with Gasteiger partial charge in [0.15, 0.2) is 0 Å². The molecule has 0 spiro atoms. The monoisotopic (exact) mass is 538 g/mol. The Hall–Kier alpha value is -1.58. The number of hydrogen-bond donors (Lipinski definition) is 3. The van der Waals surface area contributed by atoms with E-state index in [4.69, 9.17) is 11.6 Å². The Labute approximate surface area is 219 Å². The summed E-state index contributed by atoms with van der Waals surface area (Å²) in [6.45, 7) is 5.85. The number of nitrogens with one attached hydrogen (secondary N) is 1. The van der Waals surface area contributed by atoms with Gasteiger partial charge in [0.1, 0.15) is 0 Å². The molecule has 3 atom stereocenters. The molecule has 1 fully saturated rings. The summed E-state index contributed by atoms with van der Waals surface area (Å²) in [6.07, 6.45) is 3.91. The minimum absolute atomic E-state index is 0.0990. The van der Waals surface area contributed by atoms with Crippen LogP contribution in [0.5, 0.6) is 0 Å². The van der Waals surface area contributed by atoms with Gasteiger partial charge in [-0.25, -0.2) is 8.42 Å². The number of carbonyl (C=O) groups is 1. The molecule has 1 amide bonds. The minimum atomic E-state index is -3.75. The van der Waals surface area contributed by atoms with Crippen LogP contribution >= 0.6 is 24.2 Å². The third-order valence-electron chi connectivity index (χ3n) is 6.83. The van der Waals surface area contributed by atoms with E-state index < -0.39 is 20.8 Å². The first-order chi connectivity index (χ1) is 16.5. The van der Waals surface area contributed by atoms with Crippen molar-refractivity contribution in [1.29, 1.82) is 0 Å². The van der Waals surface area contributed by atoms with Crippen LogP contribution < -0.4 is 5.32 Å². The van der Waals surface area contributed by atoms with Crippen molar-refractivity contribution in [3.05, 3.63) is 64.7 Å². The molecule has 0 radical (unpaired) electrons. The number of nitrogens with zero attached hydrogens (tertiary/aromatic N) is 1. The van der Waals surface area contributed by atoms with Crippen molar-refractivity contribution >= 4 is 40.2 Å². The molecular formula is C26H35ClN2O4S2. The molecule has 0 saturated heterocycles. The lowest BCUT2D eigenvalue weighted by Gasteiger charge is -2.37. The number of aliphatic hydroxyl groups is 1. The third kappa shape index (κ3) is 6.80. The summed E-state index contributed by atoms with van der Waals surface area (Å²) in [5.41, 5.74) is 0.668. The zero-order valence-corrected chi connectivity index (χ0v) is 22.9. The van der Waals surface area contributed by atoms with Crippen molar-refractivity contribution in [3.63, 3.8) is 0 Å². The predicted molar refractivity (Wildman–Crippen MR) is 143 cm³/mol. The zero-order valence-electron chi connectivity index (χ0n) is 20.4. The highest BCUT2D eigenvalue weighted by atomic mass is 35.5. The minimum Gasteiger partial charge on any atom is -0.396 e. The van der Waals surface area contributed by atoms with Crippen molar-refractivity contribution in [2.45, 2.75) is 69.3 Å². The second-order valence-electron chi connectivity index (χ2n) is 10.1. The number of sulfonamides is 1. The van der Waals surface area contributed by atoms with Crippen LogP contribution in [0.15, 0.2) is 53.4 Å². The van der Waals surface area contributed by atoms with Crippen molar-refractivity contribution in [2.24, 2.45) is 11.3 Å². The number of rotatable bonds is 9. The number of amides is 1. The largest absolute Gasteiger partial charge is 0.396 e. The van der Waals surface area contributed by atoms with Crippen molar-refractivity contribution in [3.8, 4) is 0 Å². The molecule has 1 aliphatic rings. The Morgan fingerprint density at radius 3 is 2.31 bits per heavy atom. The lowest BCUT2D eigenvalue weighted by molar-refractivity contribution is 0.0893. The fraction of sp³-hybridized carbons (Fsp3) is 0.500. The Bertz CT molecular complexity index is 1110. The normalized spacial score (nSPS) is 20.0. The number of aliphatic hydroxyl groups excluding tert-OH is 1. The molecule has 1 aliphatic carbocycles. The van der Waals surface area contributed by atoms with Gasteiger partial charge in [-0.05, 0) is 60.7 Å². The van der Waals surface area contributed by atoms with Crippen LogP contribution in [0, 0.1) is 11.3 Å². The van der Waals surface area contributed by atoms with Gasteiger partial charge in [0.05, 0.1) is 16.9 Å². The van der Waals surface area contributed by atoms with Crippen molar-refractivity contribution < 1.29 is 18.3 Å². The number of thiol groups is 1. The number of carbonyl (C=O) groups excluding carboxylic acids is 1. The molecule has 6 nitrogen and oxygen atoms in total. The van der Waals surface area contributed by atoms with Gasteiger partial charge in [-0.2, -0.15) is 16.9 Å². The van der Waals surface area contributed by atoms with E-state index in [1.54, 1.807) is 52.8 Å². The number of halogens is 1. The molecule has 0 heterocycles. The van der Waals surface area contributed by atoms with Crippen LogP contribution in [0.4, 0.5) is 0 Å². The molecule has 9 heteroatoms. The van der Waals surface area contributed by atoms with Crippen LogP contribution in [0.3, 0.4) is 0 Å². The Morgan fingerprint density at radius 1 is 1.14 bits per heavy atom. The Kier molecular flexibility index (Phi) is 9.32. The molecule has 0 aromatic heterocycles. The van der Waals surface area contributed by atoms with Gasteiger partial charge in [-0.15, -0.1) is 0 Å². The fourth-order valence-electron chi connectivity index (χ4n) is 4.28. The smallest absolute Gasteiger partial charge is 0.252 e. The van der Waals surface area contributed by atoms with Crippen molar-refractivity contribution in [1.82, 2.24) is 9.62 Å². The first kappa shape index (κ1) is 28.0. The lowest BCUT2D eigenvalue weighted by atomic mass is 9.86. The van der Waals surface area contributed by atoms with E-state index in [0.29, 0.717) is 10.6 Å². The van der Waals surface area contributed by atoms with Gasteiger partial charge in [0, 0.05) is 28.6 Å². The van der Waals surface area contributed by atoms with E-state index in [1.807, 2.05) is 13.8 Å². The molecule has 1 saturated carbocycles. The summed E-state index contributed by atoms with van der Waals surface area (Å²) in [5, 5.41) is 12.3. The van der Waals surface area contributed by atoms with E-state index >= 15 is 0 Å². The SMILES string of the molecule is CC1CCCCC1N(Cc1ccc(C(=O)NC(S)C(C)(C)CO)cc1)S(=O)(=O)c1ccc(Cl)cc1. The van der Waals surface area contributed by atoms with E-state index in [1.165, 1.54) is 0 Å². The van der Waals surface area contributed by atoms with Crippen LogP contribution in [0.25, 0.3) is 0 Å². The molecule has 0 bridgehead atoms. The van der Waals surface area contributed by atoms with Gasteiger partial charge < -0.3 is 10.4 Å². The maximum atomic E-state index is 13.7. The molecule has 3 unspecified atom stereocenters. The van der Waals surface area contributed by atoms with Gasteiger partial charge >= 0.3 is 0 Å². The highest BCUT2D eigenvalue weighted by Gasteiger charge is 2.36.